The van der Waals surface area contributed by atoms with Crippen LogP contribution in [0, 0.1) is 0 Å². The Kier molecular flexibility index (Phi) is 9.78. The summed E-state index contributed by atoms with van der Waals surface area (Å²) in [4.78, 5) is 6.41. The third kappa shape index (κ3) is 6.64. The van der Waals surface area contributed by atoms with E-state index in [2.05, 4.69) is 58.9 Å². The highest BCUT2D eigenvalue weighted by Gasteiger charge is 2.09. The summed E-state index contributed by atoms with van der Waals surface area (Å²) in [5.74, 6) is 0.728. The van der Waals surface area contributed by atoms with E-state index in [1.54, 1.807) is 7.05 Å². The van der Waals surface area contributed by atoms with Crippen molar-refractivity contribution in [2.45, 2.75) is 19.6 Å². The molecule has 1 aromatic heterocycles. The summed E-state index contributed by atoms with van der Waals surface area (Å²) >= 11 is 12.1. The van der Waals surface area contributed by atoms with Gasteiger partial charge in [0, 0.05) is 32.9 Å². The number of nitrogens with one attached hydrogen (secondary N) is 2. The first-order valence-electron chi connectivity index (χ1n) is 8.07. The van der Waals surface area contributed by atoms with Crippen LogP contribution in [0.2, 0.25) is 10.2 Å². The molecule has 2 N–H and O–H groups in total. The Bertz CT molecular complexity index is 743. The van der Waals surface area contributed by atoms with E-state index >= 15 is 0 Å². The number of aromatic nitrogens is 1. The third-order valence-corrected chi connectivity index (χ3v) is 4.67. The Morgan fingerprint density at radius 1 is 1.12 bits per heavy atom. The highest BCUT2D eigenvalue weighted by molar-refractivity contribution is 14.0. The van der Waals surface area contributed by atoms with Crippen molar-refractivity contribution in [1.29, 1.82) is 0 Å². The van der Waals surface area contributed by atoms with E-state index in [1.165, 1.54) is 11.1 Å². The van der Waals surface area contributed by atoms with Crippen molar-refractivity contribution < 1.29 is 0 Å². The van der Waals surface area contributed by atoms with Gasteiger partial charge in [0.1, 0.15) is 5.15 Å². The maximum atomic E-state index is 6.09. The van der Waals surface area contributed by atoms with Crippen LogP contribution in [0.15, 0.2) is 35.3 Å². The second-order valence-corrected chi connectivity index (χ2v) is 6.94. The van der Waals surface area contributed by atoms with Gasteiger partial charge in [-0.3, -0.25) is 4.99 Å². The molecule has 144 valence electrons. The summed E-state index contributed by atoms with van der Waals surface area (Å²) in [6.07, 6.45) is 0. The van der Waals surface area contributed by atoms with Crippen LogP contribution in [0.5, 0.6) is 0 Å². The molecule has 0 bridgehead atoms. The van der Waals surface area contributed by atoms with Crippen LogP contribution in [0.25, 0.3) is 0 Å². The fourth-order valence-corrected chi connectivity index (χ4v) is 2.96. The predicted octanol–water partition coefficient (Wildman–Crippen LogP) is 3.88. The van der Waals surface area contributed by atoms with Gasteiger partial charge in [-0.05, 0) is 31.3 Å². The van der Waals surface area contributed by atoms with E-state index in [9.17, 15) is 0 Å². The molecule has 0 unspecified atom stereocenters. The van der Waals surface area contributed by atoms with Crippen LogP contribution in [0.4, 0.5) is 0 Å². The van der Waals surface area contributed by atoms with Crippen molar-refractivity contribution in [2.24, 2.45) is 12.0 Å². The third-order valence-electron chi connectivity index (χ3n) is 3.83. The van der Waals surface area contributed by atoms with Crippen molar-refractivity contribution in [1.82, 2.24) is 20.1 Å². The van der Waals surface area contributed by atoms with Crippen LogP contribution in [-0.2, 0) is 26.7 Å². The lowest BCUT2D eigenvalue weighted by molar-refractivity contribution is 0.402. The molecule has 1 aromatic carbocycles. The lowest BCUT2D eigenvalue weighted by Gasteiger charge is -2.14. The van der Waals surface area contributed by atoms with Gasteiger partial charge in [0.25, 0.3) is 0 Å². The molecule has 5 nitrogen and oxygen atoms in total. The molecule has 2 aromatic rings. The number of hydrogen-bond acceptors (Lipinski definition) is 2. The summed E-state index contributed by atoms with van der Waals surface area (Å²) in [6, 6.07) is 10.4. The Morgan fingerprint density at radius 2 is 1.77 bits per heavy atom. The number of rotatable bonds is 6. The topological polar surface area (TPSA) is 44.6 Å². The first-order chi connectivity index (χ1) is 11.9. The van der Waals surface area contributed by atoms with Crippen LogP contribution in [0.1, 0.15) is 16.8 Å². The molecule has 26 heavy (non-hydrogen) atoms. The molecule has 0 saturated heterocycles. The number of benzene rings is 1. The number of nitrogens with zero attached hydrogens (tertiary/aromatic N) is 3. The Labute approximate surface area is 182 Å². The summed E-state index contributed by atoms with van der Waals surface area (Å²) in [6.45, 7) is 2.22. The minimum absolute atomic E-state index is 0. The summed E-state index contributed by atoms with van der Waals surface area (Å²) in [5, 5.41) is 7.70. The molecular weight excluding hydrogens is 484 g/mol. The molecule has 0 aliphatic heterocycles. The molecule has 0 spiro atoms. The summed E-state index contributed by atoms with van der Waals surface area (Å²) in [7, 11) is 7.78. The summed E-state index contributed by atoms with van der Waals surface area (Å²) < 4.78 is 1.86. The Hall–Kier alpha value is -0.960. The Balaban J connectivity index is 0.00000338. The molecule has 0 saturated carbocycles. The van der Waals surface area contributed by atoms with E-state index in [-0.39, 0.29) is 24.0 Å². The lowest BCUT2D eigenvalue weighted by Crippen LogP contribution is -2.36. The van der Waals surface area contributed by atoms with Gasteiger partial charge >= 0.3 is 0 Å². The number of hydrogen-bond donors (Lipinski definition) is 2. The minimum atomic E-state index is 0. The molecular formula is C18H26Cl2IN5. The van der Waals surface area contributed by atoms with Gasteiger partial charge in [0.2, 0.25) is 0 Å². The van der Waals surface area contributed by atoms with Gasteiger partial charge in [-0.15, -0.1) is 24.0 Å². The number of guanidine groups is 1. The molecule has 0 aliphatic carbocycles. The van der Waals surface area contributed by atoms with Crippen LogP contribution >= 0.6 is 47.2 Å². The first-order valence-corrected chi connectivity index (χ1v) is 8.83. The normalized spacial score (nSPS) is 11.4. The summed E-state index contributed by atoms with van der Waals surface area (Å²) in [5.41, 5.74) is 3.50. The van der Waals surface area contributed by atoms with Crippen LogP contribution in [-0.4, -0.2) is 36.6 Å². The smallest absolute Gasteiger partial charge is 0.191 e. The molecule has 0 aliphatic rings. The van der Waals surface area contributed by atoms with Crippen LogP contribution < -0.4 is 10.6 Å². The van der Waals surface area contributed by atoms with Gasteiger partial charge in [-0.25, -0.2) is 0 Å². The average molecular weight is 510 g/mol. The molecule has 0 atom stereocenters. The molecule has 1 heterocycles. The highest BCUT2D eigenvalue weighted by Crippen LogP contribution is 2.24. The van der Waals surface area contributed by atoms with E-state index in [1.807, 2.05) is 17.7 Å². The Morgan fingerprint density at radius 3 is 2.35 bits per heavy atom. The number of aliphatic imine (C=N–C) groups is 1. The monoisotopic (exact) mass is 509 g/mol. The SMILES string of the molecule is CN=C(NCc1cccc(CN(C)C)c1)NCc1cc(Cl)c(Cl)n1C.I. The molecule has 0 fully saturated rings. The molecule has 8 heteroatoms. The maximum absolute atomic E-state index is 6.09. The largest absolute Gasteiger partial charge is 0.352 e. The van der Waals surface area contributed by atoms with E-state index in [0.29, 0.717) is 23.3 Å². The fraction of sp³-hybridized carbons (Fsp3) is 0.389. The molecule has 0 amide bonds. The fourth-order valence-electron chi connectivity index (χ4n) is 2.54. The van der Waals surface area contributed by atoms with E-state index in [0.717, 1.165) is 18.2 Å². The zero-order valence-corrected chi connectivity index (χ0v) is 19.4. The van der Waals surface area contributed by atoms with Crippen LogP contribution in [0.3, 0.4) is 0 Å². The van der Waals surface area contributed by atoms with Gasteiger partial charge in [-0.1, -0.05) is 47.5 Å². The van der Waals surface area contributed by atoms with Crippen molar-refractivity contribution in [2.75, 3.05) is 21.1 Å². The standard InChI is InChI=1S/C18H25Cl2N5.HI/c1-21-18(23-11-15-9-16(19)17(20)25(15)4)22-10-13-6-5-7-14(8-13)12-24(2)3;/h5-9H,10-12H2,1-4H3,(H2,21,22,23);1H. The highest BCUT2D eigenvalue weighted by atomic mass is 127. The first kappa shape index (κ1) is 23.1. The predicted molar refractivity (Wildman–Crippen MR) is 122 cm³/mol. The quantitative estimate of drug-likeness (QED) is 0.353. The zero-order chi connectivity index (χ0) is 18.4. The van der Waals surface area contributed by atoms with Gasteiger partial charge in [-0.2, -0.15) is 0 Å². The van der Waals surface area contributed by atoms with Gasteiger partial charge in [0.15, 0.2) is 5.96 Å². The zero-order valence-electron chi connectivity index (χ0n) is 15.5. The van der Waals surface area contributed by atoms with Crippen molar-refractivity contribution >= 4 is 53.1 Å². The van der Waals surface area contributed by atoms with Gasteiger partial charge < -0.3 is 20.1 Å². The molecule has 0 radical (unpaired) electrons. The maximum Gasteiger partial charge on any atom is 0.191 e. The second-order valence-electron chi connectivity index (χ2n) is 6.17. The van der Waals surface area contributed by atoms with Crippen molar-refractivity contribution in [3.05, 3.63) is 57.3 Å². The van der Waals surface area contributed by atoms with E-state index in [4.69, 9.17) is 23.2 Å². The minimum Gasteiger partial charge on any atom is -0.352 e. The second kappa shape index (κ2) is 11.0. The van der Waals surface area contributed by atoms with Gasteiger partial charge in [0.05, 0.1) is 11.6 Å². The van der Waals surface area contributed by atoms with Crippen molar-refractivity contribution in [3.8, 4) is 0 Å². The van der Waals surface area contributed by atoms with E-state index < -0.39 is 0 Å². The average Bonchev–Trinajstić information content (AvgIpc) is 2.82. The molecule has 2 rings (SSSR count). The van der Waals surface area contributed by atoms with Crippen molar-refractivity contribution in [3.63, 3.8) is 0 Å². The lowest BCUT2D eigenvalue weighted by atomic mass is 10.1. The number of halogens is 3.